The first-order valence-corrected chi connectivity index (χ1v) is 7.12. The minimum Gasteiger partial charge on any atom is -0.391 e. The highest BCUT2D eigenvalue weighted by atomic mass is 16.3. The first-order valence-electron chi connectivity index (χ1n) is 7.12. The van der Waals surface area contributed by atoms with E-state index in [1.807, 2.05) is 0 Å². The van der Waals surface area contributed by atoms with E-state index in [0.717, 1.165) is 18.4 Å². The lowest BCUT2D eigenvalue weighted by Crippen LogP contribution is -2.47. The second-order valence-electron chi connectivity index (χ2n) is 6.07. The fraction of sp³-hybridized carbons (Fsp3) is 1.00. The minimum atomic E-state index is -0.0542. The van der Waals surface area contributed by atoms with E-state index in [1.54, 1.807) is 0 Å². The Kier molecular flexibility index (Phi) is 4.26. The van der Waals surface area contributed by atoms with Gasteiger partial charge in [-0.05, 0) is 44.6 Å². The van der Waals surface area contributed by atoms with E-state index in [0.29, 0.717) is 6.04 Å². The van der Waals surface area contributed by atoms with Crippen molar-refractivity contribution < 1.29 is 5.11 Å². The van der Waals surface area contributed by atoms with Crippen molar-refractivity contribution in [3.63, 3.8) is 0 Å². The van der Waals surface area contributed by atoms with Crippen LogP contribution in [0.2, 0.25) is 0 Å². The lowest BCUT2D eigenvalue weighted by molar-refractivity contribution is 0.0134. The second kappa shape index (κ2) is 5.50. The highest BCUT2D eigenvalue weighted by Gasteiger charge is 2.37. The molecule has 2 aliphatic carbocycles. The molecular weight excluding hydrogens is 198 g/mol. The predicted molar refractivity (Wildman–Crippen MR) is 67.4 cm³/mol. The summed E-state index contributed by atoms with van der Waals surface area (Å²) >= 11 is 0. The van der Waals surface area contributed by atoms with Crippen LogP contribution in [0.1, 0.15) is 58.8 Å². The van der Waals surface area contributed by atoms with E-state index >= 15 is 0 Å². The second-order valence-corrected chi connectivity index (χ2v) is 6.07. The molecule has 0 aromatic carbocycles. The first kappa shape index (κ1) is 12.4. The van der Waals surface area contributed by atoms with E-state index in [2.05, 4.69) is 18.7 Å². The van der Waals surface area contributed by atoms with Crippen LogP contribution in [0.15, 0.2) is 0 Å². The van der Waals surface area contributed by atoms with Crippen LogP contribution in [-0.4, -0.2) is 34.7 Å². The SMILES string of the molecule is CC(C)CCN(C1CC1)[C@@H]1CCCC[C@H]1O. The fourth-order valence-electron chi connectivity index (χ4n) is 2.91. The Morgan fingerprint density at radius 2 is 1.81 bits per heavy atom. The summed E-state index contributed by atoms with van der Waals surface area (Å²) in [5.74, 6) is 0.780. The molecule has 0 aliphatic heterocycles. The Bertz CT molecular complexity index is 213. The van der Waals surface area contributed by atoms with Gasteiger partial charge < -0.3 is 5.11 Å². The molecule has 0 aromatic rings. The zero-order valence-electron chi connectivity index (χ0n) is 10.9. The Morgan fingerprint density at radius 1 is 1.12 bits per heavy atom. The van der Waals surface area contributed by atoms with Crippen molar-refractivity contribution in [1.29, 1.82) is 0 Å². The van der Waals surface area contributed by atoms with Gasteiger partial charge in [-0.25, -0.2) is 0 Å². The third-order valence-electron chi connectivity index (χ3n) is 4.10. The van der Waals surface area contributed by atoms with Crippen molar-refractivity contribution in [2.45, 2.75) is 77.0 Å². The zero-order chi connectivity index (χ0) is 11.5. The van der Waals surface area contributed by atoms with Gasteiger partial charge in [0.2, 0.25) is 0 Å². The maximum absolute atomic E-state index is 10.1. The molecule has 2 nitrogen and oxygen atoms in total. The molecule has 0 radical (unpaired) electrons. The van der Waals surface area contributed by atoms with Crippen LogP contribution >= 0.6 is 0 Å². The summed E-state index contributed by atoms with van der Waals surface area (Å²) in [5.41, 5.74) is 0. The normalized spacial score (nSPS) is 31.3. The predicted octanol–water partition coefficient (Wildman–Crippen LogP) is 2.80. The van der Waals surface area contributed by atoms with Gasteiger partial charge in [-0.1, -0.05) is 26.7 Å². The van der Waals surface area contributed by atoms with Crippen molar-refractivity contribution in [2.75, 3.05) is 6.54 Å². The first-order chi connectivity index (χ1) is 7.68. The third kappa shape index (κ3) is 3.21. The van der Waals surface area contributed by atoms with Crippen LogP contribution in [0.5, 0.6) is 0 Å². The highest BCUT2D eigenvalue weighted by Crippen LogP contribution is 2.34. The number of aliphatic hydroxyl groups is 1. The van der Waals surface area contributed by atoms with Gasteiger partial charge in [0.1, 0.15) is 0 Å². The Hall–Kier alpha value is -0.0800. The molecule has 2 rings (SSSR count). The summed E-state index contributed by atoms with van der Waals surface area (Å²) in [6.45, 7) is 5.79. The molecule has 0 saturated heterocycles. The molecule has 1 N–H and O–H groups in total. The average Bonchev–Trinajstić information content (AvgIpc) is 3.04. The summed E-state index contributed by atoms with van der Waals surface area (Å²) in [4.78, 5) is 2.63. The van der Waals surface area contributed by atoms with Gasteiger partial charge in [0.05, 0.1) is 6.10 Å². The monoisotopic (exact) mass is 225 g/mol. The Balaban J connectivity index is 1.89. The molecule has 0 amide bonds. The standard InChI is InChI=1S/C14H27NO/c1-11(2)9-10-15(12-7-8-12)13-5-3-4-6-14(13)16/h11-14,16H,3-10H2,1-2H3/t13-,14-/m1/s1. The van der Waals surface area contributed by atoms with Gasteiger partial charge in [-0.2, -0.15) is 0 Å². The van der Waals surface area contributed by atoms with Crippen molar-refractivity contribution in [3.05, 3.63) is 0 Å². The number of aliphatic hydroxyl groups excluding tert-OH is 1. The molecular formula is C14H27NO. The van der Waals surface area contributed by atoms with Gasteiger partial charge in [-0.3, -0.25) is 4.90 Å². The van der Waals surface area contributed by atoms with Gasteiger partial charge in [0.15, 0.2) is 0 Å². The molecule has 2 atom stereocenters. The highest BCUT2D eigenvalue weighted by molar-refractivity contribution is 4.92. The Labute approximate surface area is 100 Å². The largest absolute Gasteiger partial charge is 0.391 e. The lowest BCUT2D eigenvalue weighted by Gasteiger charge is -2.38. The summed E-state index contributed by atoms with van der Waals surface area (Å²) in [5, 5.41) is 10.1. The molecule has 0 heterocycles. The zero-order valence-corrected chi connectivity index (χ0v) is 10.9. The lowest BCUT2D eigenvalue weighted by atomic mass is 9.91. The van der Waals surface area contributed by atoms with Gasteiger partial charge >= 0.3 is 0 Å². The third-order valence-corrected chi connectivity index (χ3v) is 4.10. The van der Waals surface area contributed by atoms with Crippen molar-refractivity contribution in [3.8, 4) is 0 Å². The number of rotatable bonds is 5. The van der Waals surface area contributed by atoms with E-state index < -0.39 is 0 Å². The van der Waals surface area contributed by atoms with E-state index in [-0.39, 0.29) is 6.10 Å². The Morgan fingerprint density at radius 3 is 2.38 bits per heavy atom. The summed E-state index contributed by atoms with van der Waals surface area (Å²) in [6, 6.07) is 1.27. The maximum Gasteiger partial charge on any atom is 0.0695 e. The fourth-order valence-corrected chi connectivity index (χ4v) is 2.91. The van der Waals surface area contributed by atoms with Crippen LogP contribution in [0.25, 0.3) is 0 Å². The molecule has 2 heteroatoms. The van der Waals surface area contributed by atoms with Gasteiger partial charge in [-0.15, -0.1) is 0 Å². The smallest absolute Gasteiger partial charge is 0.0695 e. The minimum absolute atomic E-state index is 0.0542. The van der Waals surface area contributed by atoms with E-state index in [9.17, 15) is 5.11 Å². The summed E-state index contributed by atoms with van der Waals surface area (Å²) in [7, 11) is 0. The quantitative estimate of drug-likeness (QED) is 0.777. The average molecular weight is 225 g/mol. The van der Waals surface area contributed by atoms with Crippen LogP contribution in [-0.2, 0) is 0 Å². The molecule has 16 heavy (non-hydrogen) atoms. The van der Waals surface area contributed by atoms with Gasteiger partial charge in [0.25, 0.3) is 0 Å². The molecule has 0 unspecified atom stereocenters. The maximum atomic E-state index is 10.1. The number of nitrogens with zero attached hydrogens (tertiary/aromatic N) is 1. The van der Waals surface area contributed by atoms with Gasteiger partial charge in [0, 0.05) is 12.1 Å². The van der Waals surface area contributed by atoms with Crippen molar-refractivity contribution >= 4 is 0 Å². The van der Waals surface area contributed by atoms with E-state index in [1.165, 1.54) is 45.1 Å². The van der Waals surface area contributed by atoms with Crippen molar-refractivity contribution in [1.82, 2.24) is 4.90 Å². The van der Waals surface area contributed by atoms with E-state index in [4.69, 9.17) is 0 Å². The molecule has 2 fully saturated rings. The molecule has 0 bridgehead atoms. The van der Waals surface area contributed by atoms with Crippen LogP contribution < -0.4 is 0 Å². The molecule has 0 aromatic heterocycles. The number of hydrogen-bond donors (Lipinski definition) is 1. The molecule has 94 valence electrons. The molecule has 0 spiro atoms. The topological polar surface area (TPSA) is 23.5 Å². The summed E-state index contributed by atoms with van der Waals surface area (Å²) < 4.78 is 0. The van der Waals surface area contributed by atoms with Crippen LogP contribution in [0, 0.1) is 5.92 Å². The number of hydrogen-bond acceptors (Lipinski definition) is 2. The molecule has 2 aliphatic rings. The van der Waals surface area contributed by atoms with Crippen LogP contribution in [0.3, 0.4) is 0 Å². The summed E-state index contributed by atoms with van der Waals surface area (Å²) in [6.07, 6.45) is 8.72. The van der Waals surface area contributed by atoms with Crippen LogP contribution in [0.4, 0.5) is 0 Å². The van der Waals surface area contributed by atoms with Crippen molar-refractivity contribution in [2.24, 2.45) is 5.92 Å². The molecule has 2 saturated carbocycles.